The molecule has 86 valence electrons. The molecule has 0 bridgehead atoms. The topological polar surface area (TPSA) is 32.3 Å². The van der Waals surface area contributed by atoms with Crippen molar-refractivity contribution in [1.82, 2.24) is 0 Å². The van der Waals surface area contributed by atoms with Crippen LogP contribution in [0.2, 0.25) is 0 Å². The first-order chi connectivity index (χ1) is 8.34. The van der Waals surface area contributed by atoms with E-state index in [1.807, 2.05) is 54.6 Å². The van der Waals surface area contributed by atoms with Crippen LogP contribution in [-0.4, -0.2) is 0 Å². The first kappa shape index (κ1) is 10.4. The Hall–Kier alpha value is -1.80. The van der Waals surface area contributed by atoms with Crippen molar-refractivity contribution in [2.45, 2.75) is 18.6 Å². The second kappa shape index (κ2) is 4.22. The molecule has 1 aliphatic heterocycles. The van der Waals surface area contributed by atoms with Crippen molar-refractivity contribution in [3.05, 3.63) is 65.7 Å². The fourth-order valence-electron chi connectivity index (χ4n) is 2.25. The predicted octanol–water partition coefficient (Wildman–Crippen LogP) is 2.61. The van der Waals surface area contributed by atoms with E-state index in [4.69, 9.17) is 4.74 Å². The highest BCUT2D eigenvalue weighted by Crippen LogP contribution is 2.38. The third-order valence-corrected chi connectivity index (χ3v) is 3.13. The number of fused-ring (bicyclic) bond motifs is 1. The van der Waals surface area contributed by atoms with Crippen molar-refractivity contribution in [3.63, 3.8) is 0 Å². The van der Waals surface area contributed by atoms with Crippen LogP contribution in [0.4, 0.5) is 0 Å². The highest BCUT2D eigenvalue weighted by molar-refractivity contribution is 5.38. The first-order valence-electron chi connectivity index (χ1n) is 5.81. The highest BCUT2D eigenvalue weighted by atomic mass is 16.5. The SMILES string of the molecule is [O-]C1CC(c2ccccc2)Oc2ccccc21. The van der Waals surface area contributed by atoms with Gasteiger partial charge in [-0.3, -0.25) is 0 Å². The van der Waals surface area contributed by atoms with E-state index in [-0.39, 0.29) is 6.10 Å². The van der Waals surface area contributed by atoms with Crippen molar-refractivity contribution in [1.29, 1.82) is 0 Å². The van der Waals surface area contributed by atoms with Gasteiger partial charge in [0.1, 0.15) is 11.9 Å². The van der Waals surface area contributed by atoms with Crippen LogP contribution in [0, 0.1) is 0 Å². The molecule has 0 N–H and O–H groups in total. The summed E-state index contributed by atoms with van der Waals surface area (Å²) in [6.07, 6.45) is -0.306. The molecule has 0 amide bonds. The van der Waals surface area contributed by atoms with Crippen LogP contribution in [0.1, 0.15) is 29.8 Å². The normalized spacial score (nSPS) is 22.6. The van der Waals surface area contributed by atoms with Gasteiger partial charge >= 0.3 is 0 Å². The number of hydrogen-bond acceptors (Lipinski definition) is 2. The van der Waals surface area contributed by atoms with E-state index in [1.54, 1.807) is 0 Å². The fraction of sp³-hybridized carbons (Fsp3) is 0.200. The molecular weight excluding hydrogens is 212 g/mol. The third-order valence-electron chi connectivity index (χ3n) is 3.13. The van der Waals surface area contributed by atoms with E-state index in [0.717, 1.165) is 16.9 Å². The molecule has 0 aromatic heterocycles. The monoisotopic (exact) mass is 225 g/mol. The molecule has 2 aromatic carbocycles. The molecule has 2 nitrogen and oxygen atoms in total. The van der Waals surface area contributed by atoms with Gasteiger partial charge in [-0.25, -0.2) is 0 Å². The van der Waals surface area contributed by atoms with Gasteiger partial charge in [-0.1, -0.05) is 54.6 Å². The van der Waals surface area contributed by atoms with E-state index in [0.29, 0.717) is 6.42 Å². The molecule has 0 aliphatic carbocycles. The van der Waals surface area contributed by atoms with Gasteiger partial charge in [-0.2, -0.15) is 0 Å². The van der Waals surface area contributed by atoms with Crippen molar-refractivity contribution in [2.75, 3.05) is 0 Å². The minimum atomic E-state index is -0.690. The molecule has 0 fully saturated rings. The van der Waals surface area contributed by atoms with Gasteiger partial charge in [-0.05, 0) is 23.6 Å². The van der Waals surface area contributed by atoms with E-state index in [9.17, 15) is 5.11 Å². The Morgan fingerprint density at radius 1 is 0.941 bits per heavy atom. The lowest BCUT2D eigenvalue weighted by Crippen LogP contribution is -2.26. The summed E-state index contributed by atoms with van der Waals surface area (Å²) >= 11 is 0. The van der Waals surface area contributed by atoms with Crippen LogP contribution in [0.5, 0.6) is 5.75 Å². The highest BCUT2D eigenvalue weighted by Gasteiger charge is 2.22. The molecule has 2 aromatic rings. The minimum Gasteiger partial charge on any atom is -0.848 e. The maximum Gasteiger partial charge on any atom is 0.123 e. The van der Waals surface area contributed by atoms with Crippen LogP contribution in [0.15, 0.2) is 54.6 Å². The summed E-state index contributed by atoms with van der Waals surface area (Å²) in [5.74, 6) is 0.729. The predicted molar refractivity (Wildman–Crippen MR) is 63.6 cm³/mol. The van der Waals surface area contributed by atoms with E-state index in [2.05, 4.69) is 0 Å². The van der Waals surface area contributed by atoms with Crippen LogP contribution < -0.4 is 9.84 Å². The molecule has 3 rings (SSSR count). The summed E-state index contributed by atoms with van der Waals surface area (Å²) in [6, 6.07) is 17.4. The largest absolute Gasteiger partial charge is 0.848 e. The summed E-state index contributed by atoms with van der Waals surface area (Å²) in [5, 5.41) is 12.1. The maximum atomic E-state index is 12.1. The van der Waals surface area contributed by atoms with Crippen LogP contribution in [0.25, 0.3) is 0 Å². The molecule has 17 heavy (non-hydrogen) atoms. The quantitative estimate of drug-likeness (QED) is 0.747. The number of benzene rings is 2. The average molecular weight is 225 g/mol. The fourth-order valence-corrected chi connectivity index (χ4v) is 2.25. The van der Waals surface area contributed by atoms with Gasteiger partial charge in [0.2, 0.25) is 0 Å². The Bertz CT molecular complexity index is 507. The van der Waals surface area contributed by atoms with Gasteiger partial charge in [0, 0.05) is 0 Å². The van der Waals surface area contributed by atoms with Gasteiger partial charge in [0.05, 0.1) is 0 Å². The molecule has 1 heterocycles. The Kier molecular flexibility index (Phi) is 2.57. The van der Waals surface area contributed by atoms with Crippen molar-refractivity contribution in [3.8, 4) is 5.75 Å². The number of ether oxygens (including phenoxy) is 1. The third kappa shape index (κ3) is 1.92. The van der Waals surface area contributed by atoms with Crippen molar-refractivity contribution in [2.24, 2.45) is 0 Å². The van der Waals surface area contributed by atoms with Crippen LogP contribution in [0.3, 0.4) is 0 Å². The van der Waals surface area contributed by atoms with Crippen LogP contribution >= 0.6 is 0 Å². The summed E-state index contributed by atoms with van der Waals surface area (Å²) in [5.41, 5.74) is 1.85. The standard InChI is InChI=1S/C15H13O2/c16-13-10-15(11-6-2-1-3-7-11)17-14-9-5-4-8-12(13)14/h1-9,13,15H,10H2/q-1. The van der Waals surface area contributed by atoms with Gasteiger partial charge < -0.3 is 9.84 Å². The lowest BCUT2D eigenvalue weighted by atomic mass is 9.95. The molecule has 0 radical (unpaired) electrons. The second-order valence-corrected chi connectivity index (χ2v) is 4.28. The Labute approximate surface area is 100 Å². The molecule has 0 spiro atoms. The molecule has 2 atom stereocenters. The van der Waals surface area contributed by atoms with E-state index >= 15 is 0 Å². The molecular formula is C15H13O2-. The molecule has 2 heteroatoms. The number of rotatable bonds is 1. The maximum absolute atomic E-state index is 12.1. The van der Waals surface area contributed by atoms with E-state index in [1.165, 1.54) is 0 Å². The Morgan fingerprint density at radius 3 is 2.47 bits per heavy atom. The van der Waals surface area contributed by atoms with Crippen molar-refractivity contribution < 1.29 is 9.84 Å². The zero-order chi connectivity index (χ0) is 11.7. The second-order valence-electron chi connectivity index (χ2n) is 4.28. The van der Waals surface area contributed by atoms with Gasteiger partial charge in [0.25, 0.3) is 0 Å². The Morgan fingerprint density at radius 2 is 1.65 bits per heavy atom. The zero-order valence-electron chi connectivity index (χ0n) is 9.37. The summed E-state index contributed by atoms with van der Waals surface area (Å²) in [6.45, 7) is 0. The van der Waals surface area contributed by atoms with E-state index < -0.39 is 6.10 Å². The van der Waals surface area contributed by atoms with Gasteiger partial charge in [0.15, 0.2) is 0 Å². The van der Waals surface area contributed by atoms with Gasteiger partial charge in [-0.15, -0.1) is 0 Å². The van der Waals surface area contributed by atoms with Crippen molar-refractivity contribution >= 4 is 0 Å². The summed E-state index contributed by atoms with van der Waals surface area (Å²) in [7, 11) is 0. The smallest absolute Gasteiger partial charge is 0.123 e. The molecule has 0 saturated carbocycles. The summed E-state index contributed by atoms with van der Waals surface area (Å²) < 4.78 is 5.89. The average Bonchev–Trinajstić information content (AvgIpc) is 2.40. The molecule has 0 saturated heterocycles. The number of para-hydroxylation sites is 1. The lowest BCUT2D eigenvalue weighted by molar-refractivity contribution is -0.433. The zero-order valence-corrected chi connectivity index (χ0v) is 9.37. The number of hydrogen-bond donors (Lipinski definition) is 0. The first-order valence-corrected chi connectivity index (χ1v) is 5.81. The lowest BCUT2D eigenvalue weighted by Gasteiger charge is -2.36. The minimum absolute atomic E-state index is 0.117. The molecule has 2 unspecified atom stereocenters. The summed E-state index contributed by atoms with van der Waals surface area (Å²) in [4.78, 5) is 0. The molecule has 1 aliphatic rings. The Balaban J connectivity index is 1.94. The van der Waals surface area contributed by atoms with Crippen LogP contribution in [-0.2, 0) is 0 Å².